The number of nitrogens with zero attached hydrogens (tertiary/aromatic N) is 6. The monoisotopic (exact) mass is 411 g/mol. The molecule has 158 valence electrons. The van der Waals surface area contributed by atoms with Crippen LogP contribution in [0.2, 0.25) is 0 Å². The lowest BCUT2D eigenvalue weighted by Crippen LogP contribution is -2.37. The van der Waals surface area contributed by atoms with E-state index in [-0.39, 0.29) is 24.1 Å². The summed E-state index contributed by atoms with van der Waals surface area (Å²) in [4.78, 5) is 33.7. The molecule has 0 fully saturated rings. The Bertz CT molecular complexity index is 1070. The number of hydrogen-bond donors (Lipinski definition) is 1. The predicted octanol–water partition coefficient (Wildman–Crippen LogP) is 1.73. The van der Waals surface area contributed by atoms with Gasteiger partial charge < -0.3 is 9.84 Å². The maximum atomic E-state index is 12.7. The van der Waals surface area contributed by atoms with Crippen molar-refractivity contribution < 1.29 is 9.32 Å². The van der Waals surface area contributed by atoms with Crippen molar-refractivity contribution in [1.29, 1.82) is 0 Å². The van der Waals surface area contributed by atoms with Crippen LogP contribution >= 0.6 is 0 Å². The molecular formula is C20H25N7O3. The van der Waals surface area contributed by atoms with Crippen LogP contribution in [0, 0.1) is 5.92 Å². The highest BCUT2D eigenvalue weighted by Crippen LogP contribution is 2.23. The van der Waals surface area contributed by atoms with Crippen LogP contribution in [0.5, 0.6) is 0 Å². The zero-order valence-corrected chi connectivity index (χ0v) is 17.1. The van der Waals surface area contributed by atoms with Gasteiger partial charge in [0.2, 0.25) is 17.6 Å². The van der Waals surface area contributed by atoms with Gasteiger partial charge in [-0.3, -0.25) is 14.3 Å². The van der Waals surface area contributed by atoms with E-state index in [9.17, 15) is 9.59 Å². The fraction of sp³-hybridized carbons (Fsp3) is 0.500. The first kappa shape index (κ1) is 20.0. The topological polar surface area (TPSA) is 121 Å². The van der Waals surface area contributed by atoms with Crippen LogP contribution in [-0.4, -0.2) is 35.4 Å². The number of hydrogen-bond acceptors (Lipinski definition) is 7. The van der Waals surface area contributed by atoms with Crippen LogP contribution in [-0.2, 0) is 24.3 Å². The van der Waals surface area contributed by atoms with Gasteiger partial charge in [0, 0.05) is 30.9 Å². The summed E-state index contributed by atoms with van der Waals surface area (Å²) in [5.41, 5.74) is 0.542. The molecule has 1 unspecified atom stereocenters. The first-order chi connectivity index (χ1) is 14.5. The molecular weight excluding hydrogens is 386 g/mol. The summed E-state index contributed by atoms with van der Waals surface area (Å²) in [6.07, 6.45) is 7.12. The Balaban J connectivity index is 1.48. The molecule has 30 heavy (non-hydrogen) atoms. The molecule has 1 atom stereocenters. The van der Waals surface area contributed by atoms with Gasteiger partial charge in [0.1, 0.15) is 18.4 Å². The molecule has 0 saturated carbocycles. The lowest BCUT2D eigenvalue weighted by Gasteiger charge is -2.18. The molecule has 4 heterocycles. The second kappa shape index (κ2) is 8.60. The first-order valence-corrected chi connectivity index (χ1v) is 10.2. The molecule has 0 bridgehead atoms. The van der Waals surface area contributed by atoms with Crippen LogP contribution in [0.15, 0.2) is 33.8 Å². The first-order valence-electron chi connectivity index (χ1n) is 10.2. The molecule has 0 spiro atoms. The number of rotatable bonds is 6. The Morgan fingerprint density at radius 1 is 1.23 bits per heavy atom. The number of carbonyl (C=O) groups is 1. The second-order valence-corrected chi connectivity index (χ2v) is 7.80. The van der Waals surface area contributed by atoms with E-state index >= 15 is 0 Å². The molecule has 10 heteroatoms. The highest BCUT2D eigenvalue weighted by Gasteiger charge is 2.26. The number of nitrogens with one attached hydrogen (secondary N) is 1. The number of pyridine rings is 1. The number of aromatic nitrogens is 6. The molecule has 1 aliphatic rings. The standard InChI is InChI=1S/C20H25N7O3/c1-13(2)17(19-23-18(25-30-19)14-7-9-21-10-8-14)22-16(28)12-27-20(29)26-11-5-3-4-6-15(26)24-27/h7-10,13,17H,3-6,11-12H2,1-2H3,(H,22,28). The van der Waals surface area contributed by atoms with Crippen molar-refractivity contribution in [1.82, 2.24) is 34.8 Å². The van der Waals surface area contributed by atoms with Crippen molar-refractivity contribution in [2.24, 2.45) is 5.92 Å². The normalized spacial score (nSPS) is 14.9. The van der Waals surface area contributed by atoms with Crippen molar-refractivity contribution in [2.45, 2.75) is 58.7 Å². The molecule has 0 aliphatic carbocycles. The average Bonchev–Trinajstić information content (AvgIpc) is 3.25. The zero-order chi connectivity index (χ0) is 21.1. The fourth-order valence-corrected chi connectivity index (χ4v) is 3.58. The third kappa shape index (κ3) is 4.17. The highest BCUT2D eigenvalue weighted by molar-refractivity contribution is 5.76. The van der Waals surface area contributed by atoms with Crippen molar-refractivity contribution >= 4 is 5.91 Å². The van der Waals surface area contributed by atoms with E-state index in [1.165, 1.54) is 4.68 Å². The van der Waals surface area contributed by atoms with Gasteiger partial charge in [0.15, 0.2) is 0 Å². The molecule has 1 amide bonds. The number of carbonyl (C=O) groups excluding carboxylic acids is 1. The third-order valence-corrected chi connectivity index (χ3v) is 5.20. The van der Waals surface area contributed by atoms with Crippen molar-refractivity contribution in [3.63, 3.8) is 0 Å². The van der Waals surface area contributed by atoms with Crippen molar-refractivity contribution in [3.05, 3.63) is 46.7 Å². The summed E-state index contributed by atoms with van der Waals surface area (Å²) in [6, 6.07) is 3.09. The summed E-state index contributed by atoms with van der Waals surface area (Å²) in [5, 5.41) is 11.3. The largest absolute Gasteiger partial charge is 0.346 e. The van der Waals surface area contributed by atoms with Gasteiger partial charge in [-0.25, -0.2) is 9.48 Å². The molecule has 3 aromatic heterocycles. The highest BCUT2D eigenvalue weighted by atomic mass is 16.5. The van der Waals surface area contributed by atoms with Crippen LogP contribution < -0.4 is 11.0 Å². The smallest absolute Gasteiger partial charge is 0.342 e. The van der Waals surface area contributed by atoms with E-state index in [2.05, 4.69) is 25.5 Å². The van der Waals surface area contributed by atoms with Crippen molar-refractivity contribution in [2.75, 3.05) is 0 Å². The van der Waals surface area contributed by atoms with E-state index in [4.69, 9.17) is 4.52 Å². The molecule has 0 radical (unpaired) electrons. The van der Waals surface area contributed by atoms with Gasteiger partial charge in [0.25, 0.3) is 0 Å². The van der Waals surface area contributed by atoms with E-state index in [1.807, 2.05) is 13.8 Å². The predicted molar refractivity (Wildman–Crippen MR) is 107 cm³/mol. The number of aryl methyl sites for hydroxylation is 1. The molecule has 0 saturated heterocycles. The quantitative estimate of drug-likeness (QED) is 0.656. The van der Waals surface area contributed by atoms with Gasteiger partial charge in [-0.1, -0.05) is 25.4 Å². The Morgan fingerprint density at radius 2 is 2.03 bits per heavy atom. The van der Waals surface area contributed by atoms with Gasteiger partial charge >= 0.3 is 5.69 Å². The van der Waals surface area contributed by atoms with E-state index < -0.39 is 6.04 Å². The number of fused-ring (bicyclic) bond motifs is 1. The van der Waals surface area contributed by atoms with E-state index in [1.54, 1.807) is 29.1 Å². The Labute approximate surface area is 173 Å². The third-order valence-electron chi connectivity index (χ3n) is 5.20. The summed E-state index contributed by atoms with van der Waals surface area (Å²) in [6.45, 7) is 4.41. The molecule has 1 N–H and O–H groups in total. The second-order valence-electron chi connectivity index (χ2n) is 7.80. The molecule has 10 nitrogen and oxygen atoms in total. The Morgan fingerprint density at radius 3 is 2.80 bits per heavy atom. The minimum Gasteiger partial charge on any atom is -0.342 e. The maximum Gasteiger partial charge on any atom is 0.346 e. The van der Waals surface area contributed by atoms with Gasteiger partial charge in [0.05, 0.1) is 0 Å². The molecule has 1 aliphatic heterocycles. The van der Waals surface area contributed by atoms with Crippen LogP contribution in [0.1, 0.15) is 50.9 Å². The minimum atomic E-state index is -0.475. The number of amides is 1. The Hall–Kier alpha value is -3.30. The summed E-state index contributed by atoms with van der Waals surface area (Å²) in [5.74, 6) is 1.19. The van der Waals surface area contributed by atoms with E-state index in [0.29, 0.717) is 18.3 Å². The SMILES string of the molecule is CC(C)C(NC(=O)Cn1nc2n(c1=O)CCCCC2)c1nc(-c2ccncc2)no1. The van der Waals surface area contributed by atoms with Crippen molar-refractivity contribution in [3.8, 4) is 11.4 Å². The lowest BCUT2D eigenvalue weighted by molar-refractivity contribution is -0.123. The maximum absolute atomic E-state index is 12.7. The lowest BCUT2D eigenvalue weighted by atomic mass is 10.0. The molecule has 3 aromatic rings. The Kier molecular flexibility index (Phi) is 5.73. The molecule has 0 aromatic carbocycles. The van der Waals surface area contributed by atoms with E-state index in [0.717, 1.165) is 37.1 Å². The van der Waals surface area contributed by atoms with Gasteiger partial charge in [-0.2, -0.15) is 10.1 Å². The zero-order valence-electron chi connectivity index (χ0n) is 17.1. The summed E-state index contributed by atoms with van der Waals surface area (Å²) in [7, 11) is 0. The van der Waals surface area contributed by atoms with Crippen LogP contribution in [0.3, 0.4) is 0 Å². The average molecular weight is 411 g/mol. The van der Waals surface area contributed by atoms with Gasteiger partial charge in [-0.15, -0.1) is 0 Å². The molecule has 4 rings (SSSR count). The van der Waals surface area contributed by atoms with Gasteiger partial charge in [-0.05, 0) is 30.9 Å². The van der Waals surface area contributed by atoms with Crippen LogP contribution in [0.4, 0.5) is 0 Å². The van der Waals surface area contributed by atoms with Crippen LogP contribution in [0.25, 0.3) is 11.4 Å². The minimum absolute atomic E-state index is 0.00938. The summed E-state index contributed by atoms with van der Waals surface area (Å²) < 4.78 is 8.33. The fourth-order valence-electron chi connectivity index (χ4n) is 3.58. The summed E-state index contributed by atoms with van der Waals surface area (Å²) >= 11 is 0.